The molecule has 1 unspecified atom stereocenters. The number of sulfonamides is 1. The van der Waals surface area contributed by atoms with Crippen molar-refractivity contribution in [3.63, 3.8) is 0 Å². The van der Waals surface area contributed by atoms with E-state index in [4.69, 9.17) is 22.7 Å². The van der Waals surface area contributed by atoms with Gasteiger partial charge in [-0.05, 0) is 56.1 Å². The minimum absolute atomic E-state index is 0.0253. The van der Waals surface area contributed by atoms with Crippen molar-refractivity contribution in [3.8, 4) is 11.3 Å². The van der Waals surface area contributed by atoms with Gasteiger partial charge in [-0.1, -0.05) is 23.7 Å². The molecule has 0 spiro atoms. The van der Waals surface area contributed by atoms with Gasteiger partial charge in [-0.15, -0.1) is 0 Å². The molecule has 15 heteroatoms. The number of likely N-dealkylation sites (tertiary alicyclic amines) is 2. The molecule has 3 fully saturated rings. The normalized spacial score (nSPS) is 22.5. The van der Waals surface area contributed by atoms with E-state index in [2.05, 4.69) is 20.0 Å². The van der Waals surface area contributed by atoms with E-state index in [1.807, 2.05) is 17.0 Å². The Morgan fingerprint density at radius 3 is 2.33 bits per heavy atom. The highest BCUT2D eigenvalue weighted by Crippen LogP contribution is 2.43. The van der Waals surface area contributed by atoms with Crippen molar-refractivity contribution >= 4 is 45.3 Å². The highest BCUT2D eigenvalue weighted by Gasteiger charge is 2.44. The van der Waals surface area contributed by atoms with Crippen molar-refractivity contribution in [2.45, 2.75) is 38.1 Å². The Morgan fingerprint density at radius 1 is 1.09 bits per heavy atom. The van der Waals surface area contributed by atoms with Crippen LogP contribution in [0.3, 0.4) is 0 Å². The van der Waals surface area contributed by atoms with Gasteiger partial charge in [-0.3, -0.25) is 15.5 Å². The number of piperidine rings is 2. The highest BCUT2D eigenvalue weighted by molar-refractivity contribution is 7.88. The molecule has 0 bridgehead atoms. The van der Waals surface area contributed by atoms with Crippen molar-refractivity contribution in [1.29, 1.82) is 5.41 Å². The Morgan fingerprint density at radius 2 is 1.74 bits per heavy atom. The topological polar surface area (TPSA) is 178 Å². The zero-order chi connectivity index (χ0) is 30.9. The molecular weight excluding hydrogens is 596 g/mol. The number of imidazole rings is 1. The summed E-state index contributed by atoms with van der Waals surface area (Å²) < 4.78 is 30.3. The first-order valence-corrected chi connectivity index (χ1v) is 16.7. The fraction of sp³-hybridized carbons (Fsp3) is 0.571. The van der Waals surface area contributed by atoms with Crippen LogP contribution in [-0.2, 0) is 19.6 Å². The van der Waals surface area contributed by atoms with Crippen LogP contribution in [0.4, 0.5) is 10.5 Å². The summed E-state index contributed by atoms with van der Waals surface area (Å²) in [6.07, 6.45) is 4.12. The number of aromatic amines is 1. The Kier molecular flexibility index (Phi) is 9.18. The first kappa shape index (κ1) is 31.1. The van der Waals surface area contributed by atoms with Gasteiger partial charge >= 0.3 is 6.09 Å². The van der Waals surface area contributed by atoms with Crippen molar-refractivity contribution in [2.75, 3.05) is 51.4 Å². The summed E-state index contributed by atoms with van der Waals surface area (Å²) in [4.78, 5) is 37.3. The van der Waals surface area contributed by atoms with E-state index < -0.39 is 16.1 Å². The monoisotopic (exact) mass is 634 g/mol. The van der Waals surface area contributed by atoms with Gasteiger partial charge in [-0.2, -0.15) is 0 Å². The van der Waals surface area contributed by atoms with E-state index in [1.165, 1.54) is 17.7 Å². The largest absolute Gasteiger partial charge is 0.453 e. The van der Waals surface area contributed by atoms with Crippen molar-refractivity contribution in [3.05, 3.63) is 35.2 Å². The Labute approximate surface area is 256 Å². The van der Waals surface area contributed by atoms with E-state index in [-0.39, 0.29) is 40.8 Å². The summed E-state index contributed by atoms with van der Waals surface area (Å²) in [6, 6.07) is 6.80. The molecule has 13 nitrogen and oxygen atoms in total. The molecule has 3 aliphatic rings. The smallest absolute Gasteiger partial charge is 0.411 e. The summed E-state index contributed by atoms with van der Waals surface area (Å²) in [5, 5.41) is 10.6. The molecule has 5 N–H and O–H groups in total. The Hall–Kier alpha value is -3.36. The molecule has 4 heterocycles. The summed E-state index contributed by atoms with van der Waals surface area (Å²) in [5.41, 5.74) is 7.63. The van der Waals surface area contributed by atoms with Crippen LogP contribution in [0.1, 0.15) is 44.0 Å². The molecule has 0 radical (unpaired) electrons. The predicted molar refractivity (Wildman–Crippen MR) is 163 cm³/mol. The number of carbonyl (C=O) groups excluding carboxylic acids is 2. The van der Waals surface area contributed by atoms with Gasteiger partial charge in [0.05, 0.1) is 25.1 Å². The fourth-order valence-corrected chi connectivity index (χ4v) is 7.72. The SMILES string of the molecule is COC(=O)Nc1ccc(-c2[nH]c([C@@H]3CC(C4CCN(S(C)(=O)=O)CC4)CN3C(=O)C3CCN(C(=N)N)CC3)nc2Cl)cc1. The van der Waals surface area contributed by atoms with E-state index in [0.29, 0.717) is 69.2 Å². The van der Waals surface area contributed by atoms with Crippen LogP contribution in [0.2, 0.25) is 5.15 Å². The van der Waals surface area contributed by atoms with E-state index in [9.17, 15) is 18.0 Å². The number of guanidine groups is 1. The van der Waals surface area contributed by atoms with Gasteiger partial charge in [-0.25, -0.2) is 22.5 Å². The molecule has 2 aromatic rings. The Bertz CT molecular complexity index is 1450. The fourth-order valence-electron chi connectivity index (χ4n) is 6.60. The lowest BCUT2D eigenvalue weighted by Gasteiger charge is -2.35. The molecule has 234 valence electrons. The summed E-state index contributed by atoms with van der Waals surface area (Å²) in [6.45, 7) is 2.67. The maximum atomic E-state index is 14.0. The number of hydrogen-bond donors (Lipinski definition) is 4. The average Bonchev–Trinajstić information content (AvgIpc) is 3.61. The number of nitrogens with zero attached hydrogens (tertiary/aromatic N) is 4. The van der Waals surface area contributed by atoms with E-state index >= 15 is 0 Å². The second-order valence-corrected chi connectivity index (χ2v) is 14.0. The molecule has 1 aromatic heterocycles. The minimum Gasteiger partial charge on any atom is -0.453 e. The van der Waals surface area contributed by atoms with E-state index in [0.717, 1.165) is 18.4 Å². The lowest BCUT2D eigenvalue weighted by atomic mass is 9.83. The number of ether oxygens (including phenoxy) is 1. The summed E-state index contributed by atoms with van der Waals surface area (Å²) >= 11 is 6.63. The lowest BCUT2D eigenvalue weighted by Crippen LogP contribution is -2.46. The molecule has 3 aliphatic heterocycles. The second-order valence-electron chi connectivity index (χ2n) is 11.6. The van der Waals surface area contributed by atoms with Crippen molar-refractivity contribution in [1.82, 2.24) is 24.1 Å². The molecule has 2 amide bonds. The average molecular weight is 635 g/mol. The number of amides is 2. The Balaban J connectivity index is 1.37. The third-order valence-electron chi connectivity index (χ3n) is 9.03. The summed E-state index contributed by atoms with van der Waals surface area (Å²) in [5.74, 6) is 1.02. The first-order valence-electron chi connectivity index (χ1n) is 14.5. The van der Waals surface area contributed by atoms with Crippen LogP contribution in [0.25, 0.3) is 11.3 Å². The molecular formula is C28H39ClN8O5S. The van der Waals surface area contributed by atoms with Gasteiger partial charge in [0, 0.05) is 49.9 Å². The van der Waals surface area contributed by atoms with Gasteiger partial charge in [0.25, 0.3) is 0 Å². The number of methoxy groups -OCH3 is 1. The number of nitrogens with two attached hydrogens (primary N) is 1. The third-order valence-corrected chi connectivity index (χ3v) is 10.6. The number of carbonyl (C=O) groups is 2. The van der Waals surface area contributed by atoms with Crippen LogP contribution in [-0.4, -0.2) is 96.5 Å². The van der Waals surface area contributed by atoms with Crippen LogP contribution >= 0.6 is 11.6 Å². The number of aromatic nitrogens is 2. The highest BCUT2D eigenvalue weighted by atomic mass is 35.5. The van der Waals surface area contributed by atoms with E-state index in [1.54, 1.807) is 17.0 Å². The van der Waals surface area contributed by atoms with Gasteiger partial charge in [0.15, 0.2) is 11.1 Å². The number of nitrogens with one attached hydrogen (secondary N) is 3. The molecule has 0 aliphatic carbocycles. The molecule has 5 rings (SSSR count). The minimum atomic E-state index is -3.23. The molecule has 43 heavy (non-hydrogen) atoms. The zero-order valence-electron chi connectivity index (χ0n) is 24.4. The maximum Gasteiger partial charge on any atom is 0.411 e. The first-order chi connectivity index (χ1) is 20.4. The number of rotatable bonds is 6. The van der Waals surface area contributed by atoms with Crippen molar-refractivity contribution < 1.29 is 22.7 Å². The van der Waals surface area contributed by atoms with Crippen LogP contribution in [0.15, 0.2) is 24.3 Å². The van der Waals surface area contributed by atoms with Crippen LogP contribution < -0.4 is 11.1 Å². The van der Waals surface area contributed by atoms with Crippen molar-refractivity contribution in [2.24, 2.45) is 23.5 Å². The van der Waals surface area contributed by atoms with Gasteiger partial charge in [0.1, 0.15) is 5.82 Å². The van der Waals surface area contributed by atoms with Crippen LogP contribution in [0, 0.1) is 23.2 Å². The third kappa shape index (κ3) is 6.91. The summed E-state index contributed by atoms with van der Waals surface area (Å²) in [7, 11) is -1.93. The maximum absolute atomic E-state index is 14.0. The molecule has 2 atom stereocenters. The number of H-pyrrole nitrogens is 1. The zero-order valence-corrected chi connectivity index (χ0v) is 26.0. The second kappa shape index (κ2) is 12.7. The number of anilines is 1. The number of halogens is 1. The standard InChI is InChI=1S/C28H39ClN8O5S/c1-42-28(39)32-21-5-3-18(4-6-21)23-24(29)34-25(33-23)22-15-20(17-9-13-36(14-10-17)43(2,40)41)16-37(22)26(38)19-7-11-35(12-8-19)27(30)31/h3-6,17,19-20,22H,7-16H2,1-2H3,(H3,30,31)(H,32,39)(H,33,34)/t20?,22-/m0/s1. The van der Waals surface area contributed by atoms with Gasteiger partial charge in [0.2, 0.25) is 15.9 Å². The van der Waals surface area contributed by atoms with Gasteiger partial charge < -0.3 is 25.3 Å². The van der Waals surface area contributed by atoms with Crippen LogP contribution in [0.5, 0.6) is 0 Å². The predicted octanol–water partition coefficient (Wildman–Crippen LogP) is 3.08. The number of hydrogen-bond acceptors (Lipinski definition) is 7. The molecule has 1 aromatic carbocycles. The quantitative estimate of drug-likeness (QED) is 0.277. The number of benzene rings is 1. The lowest BCUT2D eigenvalue weighted by molar-refractivity contribution is -0.138. The molecule has 0 saturated carbocycles. The molecule has 3 saturated heterocycles.